The average Bonchev–Trinajstić information content (AvgIpc) is 3.18. The van der Waals surface area contributed by atoms with Gasteiger partial charge in [-0.15, -0.1) is 0 Å². The fourth-order valence-electron chi connectivity index (χ4n) is 1.97. The van der Waals surface area contributed by atoms with E-state index >= 15 is 0 Å². The lowest BCUT2D eigenvalue weighted by Gasteiger charge is -2.04. The van der Waals surface area contributed by atoms with Crippen LogP contribution in [0, 0.1) is 0 Å². The minimum absolute atomic E-state index is 0.607. The van der Waals surface area contributed by atoms with E-state index in [1.807, 2.05) is 16.7 Å². The second-order valence-electron chi connectivity index (χ2n) is 3.97. The predicted molar refractivity (Wildman–Crippen MR) is 66.1 cm³/mol. The van der Waals surface area contributed by atoms with Gasteiger partial charge in [0.05, 0.1) is 18.0 Å². The minimum Gasteiger partial charge on any atom is -0.442 e. The Morgan fingerprint density at radius 3 is 3.05 bits per heavy atom. The van der Waals surface area contributed by atoms with Crippen molar-refractivity contribution in [2.24, 2.45) is 0 Å². The van der Waals surface area contributed by atoms with Crippen LogP contribution < -0.4 is 0 Å². The molecular formula is C12H8N6O. The maximum atomic E-state index is 5.28. The van der Waals surface area contributed by atoms with E-state index in [0.717, 1.165) is 17.0 Å². The lowest BCUT2D eigenvalue weighted by molar-refractivity contribution is 0.570. The molecule has 0 aliphatic carbocycles. The van der Waals surface area contributed by atoms with Crippen molar-refractivity contribution in [1.29, 1.82) is 0 Å². The highest BCUT2D eigenvalue weighted by Crippen LogP contribution is 2.23. The van der Waals surface area contributed by atoms with Crippen molar-refractivity contribution in [3.05, 3.63) is 43.4 Å². The van der Waals surface area contributed by atoms with Gasteiger partial charge in [0, 0.05) is 24.7 Å². The molecule has 0 radical (unpaired) electrons. The number of aromatic amines is 1. The molecular weight excluding hydrogens is 244 g/mol. The Balaban J connectivity index is 2.03. The van der Waals surface area contributed by atoms with Gasteiger partial charge in [-0.05, 0) is 0 Å². The molecule has 0 spiro atoms. The fourth-order valence-corrected chi connectivity index (χ4v) is 1.97. The molecule has 0 aliphatic rings. The number of nitrogens with one attached hydrogen (secondary N) is 1. The van der Waals surface area contributed by atoms with Gasteiger partial charge in [0.2, 0.25) is 0 Å². The van der Waals surface area contributed by atoms with Gasteiger partial charge in [0.1, 0.15) is 17.2 Å². The summed E-state index contributed by atoms with van der Waals surface area (Å²) in [5, 5.41) is 6.73. The Hall–Kier alpha value is -2.96. The highest BCUT2D eigenvalue weighted by Gasteiger charge is 2.12. The summed E-state index contributed by atoms with van der Waals surface area (Å²) in [6.45, 7) is 0. The number of rotatable bonds is 2. The molecule has 0 aliphatic heterocycles. The predicted octanol–water partition coefficient (Wildman–Crippen LogP) is 1.77. The molecule has 1 N–H and O–H groups in total. The summed E-state index contributed by atoms with van der Waals surface area (Å²) >= 11 is 0. The van der Waals surface area contributed by atoms with Crippen LogP contribution in [-0.2, 0) is 0 Å². The van der Waals surface area contributed by atoms with Gasteiger partial charge in [-0.25, -0.2) is 15.0 Å². The first-order valence-electron chi connectivity index (χ1n) is 5.64. The van der Waals surface area contributed by atoms with Gasteiger partial charge in [0.25, 0.3) is 0 Å². The first-order chi connectivity index (χ1) is 9.42. The zero-order valence-corrected chi connectivity index (χ0v) is 9.69. The number of nitrogens with zero attached hydrogens (tertiary/aromatic N) is 5. The molecule has 4 aromatic rings. The zero-order chi connectivity index (χ0) is 12.7. The zero-order valence-electron chi connectivity index (χ0n) is 9.69. The van der Waals surface area contributed by atoms with Gasteiger partial charge >= 0.3 is 0 Å². The number of H-pyrrole nitrogens is 1. The van der Waals surface area contributed by atoms with E-state index in [2.05, 4.69) is 25.1 Å². The molecule has 0 saturated heterocycles. The molecule has 0 aromatic carbocycles. The standard InChI is InChI=1S/C12H8N6O/c1-2-18-11(14-1)3-9(10-6-13-7-19-10)17-12(18)8-4-15-16-5-8/h1-7H,(H,15,16). The molecule has 0 bridgehead atoms. The molecule has 0 saturated carbocycles. The van der Waals surface area contributed by atoms with E-state index in [1.54, 1.807) is 24.8 Å². The monoisotopic (exact) mass is 252 g/mol. The number of fused-ring (bicyclic) bond motifs is 1. The van der Waals surface area contributed by atoms with Crippen molar-refractivity contribution in [2.45, 2.75) is 0 Å². The van der Waals surface area contributed by atoms with E-state index in [1.165, 1.54) is 6.39 Å². The van der Waals surface area contributed by atoms with Gasteiger partial charge in [-0.3, -0.25) is 9.50 Å². The Bertz CT molecular complexity index is 815. The Morgan fingerprint density at radius 1 is 1.26 bits per heavy atom. The first kappa shape index (κ1) is 10.0. The molecule has 4 heterocycles. The summed E-state index contributed by atoms with van der Waals surface area (Å²) in [6, 6.07) is 1.85. The molecule has 7 nitrogen and oxygen atoms in total. The number of hydrogen-bond donors (Lipinski definition) is 1. The highest BCUT2D eigenvalue weighted by atomic mass is 16.3. The third kappa shape index (κ3) is 1.52. The van der Waals surface area contributed by atoms with E-state index in [9.17, 15) is 0 Å². The molecule has 0 unspecified atom stereocenters. The van der Waals surface area contributed by atoms with Crippen LogP contribution in [0.5, 0.6) is 0 Å². The Morgan fingerprint density at radius 2 is 2.26 bits per heavy atom. The van der Waals surface area contributed by atoms with Crippen LogP contribution in [0.15, 0.2) is 47.9 Å². The molecule has 4 aromatic heterocycles. The van der Waals surface area contributed by atoms with E-state index in [4.69, 9.17) is 4.42 Å². The molecule has 0 atom stereocenters. The molecule has 19 heavy (non-hydrogen) atoms. The molecule has 92 valence electrons. The van der Waals surface area contributed by atoms with Crippen molar-refractivity contribution in [3.8, 4) is 22.8 Å². The largest absolute Gasteiger partial charge is 0.442 e. The summed E-state index contributed by atoms with van der Waals surface area (Å²) in [5.41, 5.74) is 2.36. The van der Waals surface area contributed by atoms with Crippen molar-refractivity contribution in [1.82, 2.24) is 29.5 Å². The van der Waals surface area contributed by atoms with Gasteiger partial charge in [-0.1, -0.05) is 0 Å². The maximum Gasteiger partial charge on any atom is 0.181 e. The van der Waals surface area contributed by atoms with E-state index in [-0.39, 0.29) is 0 Å². The number of hydrogen-bond acceptors (Lipinski definition) is 5. The maximum absolute atomic E-state index is 5.28. The summed E-state index contributed by atoms with van der Waals surface area (Å²) < 4.78 is 7.18. The van der Waals surface area contributed by atoms with Crippen LogP contribution in [0.25, 0.3) is 28.5 Å². The fraction of sp³-hybridized carbons (Fsp3) is 0. The van der Waals surface area contributed by atoms with Gasteiger partial charge < -0.3 is 4.42 Å². The van der Waals surface area contributed by atoms with Crippen molar-refractivity contribution >= 4 is 5.65 Å². The highest BCUT2D eigenvalue weighted by molar-refractivity contribution is 5.65. The lowest BCUT2D eigenvalue weighted by atomic mass is 10.3. The Kier molecular flexibility index (Phi) is 1.99. The SMILES string of the molecule is c1cn2c(-c3cn[nH]c3)nc(-c3cnco3)cc2n1. The van der Waals surface area contributed by atoms with Crippen LogP contribution in [0.2, 0.25) is 0 Å². The van der Waals surface area contributed by atoms with Crippen molar-refractivity contribution < 1.29 is 4.42 Å². The lowest BCUT2D eigenvalue weighted by Crippen LogP contribution is -1.96. The van der Waals surface area contributed by atoms with Crippen molar-refractivity contribution in [2.75, 3.05) is 0 Å². The molecule has 0 amide bonds. The second kappa shape index (κ2) is 3.77. The number of oxazole rings is 1. The smallest absolute Gasteiger partial charge is 0.181 e. The summed E-state index contributed by atoms with van der Waals surface area (Å²) in [5.74, 6) is 1.35. The molecule has 4 rings (SSSR count). The molecule has 0 fully saturated rings. The summed E-state index contributed by atoms with van der Waals surface area (Å²) in [4.78, 5) is 12.8. The molecule has 7 heteroatoms. The van der Waals surface area contributed by atoms with Crippen LogP contribution in [0.3, 0.4) is 0 Å². The topological polar surface area (TPSA) is 84.9 Å². The third-order valence-corrected chi connectivity index (χ3v) is 2.83. The number of aromatic nitrogens is 6. The summed E-state index contributed by atoms with van der Waals surface area (Å²) in [6.07, 6.45) is 10.1. The summed E-state index contributed by atoms with van der Waals surface area (Å²) in [7, 11) is 0. The number of imidazole rings is 1. The first-order valence-corrected chi connectivity index (χ1v) is 5.64. The average molecular weight is 252 g/mol. The van der Waals surface area contributed by atoms with Crippen molar-refractivity contribution in [3.63, 3.8) is 0 Å². The Labute approximate surface area is 107 Å². The van der Waals surface area contributed by atoms with Crippen LogP contribution >= 0.6 is 0 Å². The quantitative estimate of drug-likeness (QED) is 0.587. The van der Waals surface area contributed by atoms with E-state index < -0.39 is 0 Å². The van der Waals surface area contributed by atoms with Crippen LogP contribution in [-0.4, -0.2) is 29.5 Å². The normalized spacial score (nSPS) is 11.2. The van der Waals surface area contributed by atoms with Gasteiger partial charge in [0.15, 0.2) is 12.2 Å². The van der Waals surface area contributed by atoms with Crippen LogP contribution in [0.1, 0.15) is 0 Å². The second-order valence-corrected chi connectivity index (χ2v) is 3.97. The van der Waals surface area contributed by atoms with Crippen LogP contribution in [0.4, 0.5) is 0 Å². The van der Waals surface area contributed by atoms with Gasteiger partial charge in [-0.2, -0.15) is 5.10 Å². The minimum atomic E-state index is 0.607. The third-order valence-electron chi connectivity index (χ3n) is 2.83. The van der Waals surface area contributed by atoms with E-state index in [0.29, 0.717) is 11.5 Å².